The van der Waals surface area contributed by atoms with E-state index in [1.54, 1.807) is 0 Å². The largest absolute Gasteiger partial charge is 0.368 e. The maximum Gasteiger partial charge on any atom is 0.237 e. The molecule has 1 amide bonds. The van der Waals surface area contributed by atoms with E-state index < -0.39 is 5.54 Å². The molecule has 0 radical (unpaired) electrons. The molecule has 1 aliphatic heterocycles. The van der Waals surface area contributed by atoms with Crippen LogP contribution in [0.4, 0.5) is 0 Å². The average Bonchev–Trinajstić information content (AvgIpc) is 2.91. The summed E-state index contributed by atoms with van der Waals surface area (Å²) in [5.74, 6) is 0.589. The molecule has 4 N–H and O–H groups in total. The Bertz CT molecular complexity index is 319. The molecule has 3 rings (SSSR count). The molecule has 4 atom stereocenters. The van der Waals surface area contributed by atoms with Crippen molar-refractivity contribution in [1.29, 1.82) is 0 Å². The van der Waals surface area contributed by atoms with Gasteiger partial charge in [-0.15, -0.1) is 0 Å². The van der Waals surface area contributed by atoms with Crippen LogP contribution in [0.15, 0.2) is 0 Å². The highest BCUT2D eigenvalue weighted by atomic mass is 16.1. The Kier molecular flexibility index (Phi) is 2.27. The summed E-state index contributed by atoms with van der Waals surface area (Å²) in [5, 5.41) is 0. The SMILES string of the molecule is NC(=O)C1(N)CCC(N2CC3CCC2C3)C1. The number of amides is 1. The number of fused-ring (bicyclic) bond motifs is 2. The minimum atomic E-state index is -0.730. The van der Waals surface area contributed by atoms with Crippen LogP contribution < -0.4 is 11.5 Å². The molecule has 4 unspecified atom stereocenters. The molecule has 0 aromatic rings. The first-order valence-electron chi connectivity index (χ1n) is 6.43. The molecule has 1 heterocycles. The van der Waals surface area contributed by atoms with Gasteiger partial charge in [-0.05, 0) is 44.4 Å². The van der Waals surface area contributed by atoms with Gasteiger partial charge in [0.2, 0.25) is 5.91 Å². The number of primary amides is 1. The van der Waals surface area contributed by atoms with Crippen molar-refractivity contribution in [3.05, 3.63) is 0 Å². The lowest BCUT2D eigenvalue weighted by atomic mass is 9.97. The summed E-state index contributed by atoms with van der Waals surface area (Å²) in [6.07, 6.45) is 6.69. The van der Waals surface area contributed by atoms with Gasteiger partial charge < -0.3 is 11.5 Å². The first kappa shape index (κ1) is 10.5. The van der Waals surface area contributed by atoms with Crippen molar-refractivity contribution in [3.8, 4) is 0 Å². The van der Waals surface area contributed by atoms with Gasteiger partial charge in [0.05, 0.1) is 5.54 Å². The maximum absolute atomic E-state index is 11.3. The molecule has 4 heteroatoms. The van der Waals surface area contributed by atoms with Crippen molar-refractivity contribution in [2.45, 2.75) is 56.1 Å². The Morgan fingerprint density at radius 2 is 2.06 bits per heavy atom. The third-order valence-corrected chi connectivity index (χ3v) is 4.93. The monoisotopic (exact) mass is 223 g/mol. The second kappa shape index (κ2) is 3.44. The van der Waals surface area contributed by atoms with Crippen molar-refractivity contribution in [2.24, 2.45) is 17.4 Å². The van der Waals surface area contributed by atoms with E-state index in [2.05, 4.69) is 4.90 Å². The third-order valence-electron chi connectivity index (χ3n) is 4.93. The zero-order valence-electron chi connectivity index (χ0n) is 9.69. The number of likely N-dealkylation sites (tertiary alicyclic amines) is 1. The fraction of sp³-hybridized carbons (Fsp3) is 0.917. The lowest BCUT2D eigenvalue weighted by molar-refractivity contribution is -0.123. The van der Waals surface area contributed by atoms with Gasteiger partial charge in [0.15, 0.2) is 0 Å². The first-order chi connectivity index (χ1) is 7.58. The van der Waals surface area contributed by atoms with Gasteiger partial charge in [-0.3, -0.25) is 9.69 Å². The summed E-state index contributed by atoms with van der Waals surface area (Å²) in [4.78, 5) is 13.9. The zero-order chi connectivity index (χ0) is 11.3. The van der Waals surface area contributed by atoms with Gasteiger partial charge in [0.1, 0.15) is 0 Å². The molecule has 1 saturated heterocycles. The van der Waals surface area contributed by atoms with Gasteiger partial charge in [-0.25, -0.2) is 0 Å². The van der Waals surface area contributed by atoms with Gasteiger partial charge in [0, 0.05) is 18.6 Å². The van der Waals surface area contributed by atoms with Crippen molar-refractivity contribution >= 4 is 5.91 Å². The summed E-state index contributed by atoms with van der Waals surface area (Å²) in [6, 6.07) is 1.28. The highest BCUT2D eigenvalue weighted by molar-refractivity contribution is 5.84. The molecular formula is C12H21N3O. The molecule has 4 nitrogen and oxygen atoms in total. The lowest BCUT2D eigenvalue weighted by Gasteiger charge is -2.33. The number of hydrogen-bond donors (Lipinski definition) is 2. The Morgan fingerprint density at radius 3 is 2.56 bits per heavy atom. The standard InChI is InChI=1S/C12H21N3O/c13-11(16)12(14)4-3-10(6-12)15-7-8-1-2-9(15)5-8/h8-10H,1-7,14H2,(H2,13,16). The van der Waals surface area contributed by atoms with Crippen molar-refractivity contribution in [2.75, 3.05) is 6.54 Å². The number of carbonyl (C=O) groups is 1. The van der Waals surface area contributed by atoms with Crippen LogP contribution in [0.5, 0.6) is 0 Å². The molecule has 2 bridgehead atoms. The van der Waals surface area contributed by atoms with Crippen LogP contribution in [0.2, 0.25) is 0 Å². The number of rotatable bonds is 2. The van der Waals surface area contributed by atoms with Gasteiger partial charge >= 0.3 is 0 Å². The number of nitrogens with two attached hydrogens (primary N) is 2. The van der Waals surface area contributed by atoms with E-state index in [-0.39, 0.29) is 5.91 Å². The smallest absolute Gasteiger partial charge is 0.237 e. The van der Waals surface area contributed by atoms with Crippen LogP contribution in [0.25, 0.3) is 0 Å². The molecule has 2 aliphatic carbocycles. The molecule has 90 valence electrons. The molecule has 0 spiro atoms. The third kappa shape index (κ3) is 1.47. The Morgan fingerprint density at radius 1 is 1.25 bits per heavy atom. The number of piperidine rings is 1. The molecular weight excluding hydrogens is 202 g/mol. The minimum absolute atomic E-state index is 0.320. The predicted molar refractivity (Wildman–Crippen MR) is 61.6 cm³/mol. The predicted octanol–water partition coefficient (Wildman–Crippen LogP) is 0.206. The van der Waals surface area contributed by atoms with Crippen LogP contribution >= 0.6 is 0 Å². The molecule has 16 heavy (non-hydrogen) atoms. The molecule has 3 aliphatic rings. The van der Waals surface area contributed by atoms with E-state index in [4.69, 9.17) is 11.5 Å². The molecule has 0 aromatic heterocycles. The minimum Gasteiger partial charge on any atom is -0.368 e. The van der Waals surface area contributed by atoms with E-state index in [1.807, 2.05) is 0 Å². The van der Waals surface area contributed by atoms with Crippen LogP contribution in [0, 0.1) is 5.92 Å². The normalized spacial score (nSPS) is 47.7. The van der Waals surface area contributed by atoms with Crippen molar-refractivity contribution in [1.82, 2.24) is 4.90 Å². The van der Waals surface area contributed by atoms with E-state index in [9.17, 15) is 4.79 Å². The summed E-state index contributed by atoms with van der Waals surface area (Å²) >= 11 is 0. The van der Waals surface area contributed by atoms with Crippen LogP contribution in [-0.4, -0.2) is 35.0 Å². The summed E-state index contributed by atoms with van der Waals surface area (Å²) in [6.45, 7) is 1.23. The number of hydrogen-bond acceptors (Lipinski definition) is 3. The Labute approximate surface area is 96.3 Å². The van der Waals surface area contributed by atoms with Crippen LogP contribution in [0.1, 0.15) is 38.5 Å². The quantitative estimate of drug-likeness (QED) is 0.702. The van der Waals surface area contributed by atoms with E-state index >= 15 is 0 Å². The van der Waals surface area contributed by atoms with Gasteiger partial charge in [-0.2, -0.15) is 0 Å². The number of nitrogens with zero attached hydrogens (tertiary/aromatic N) is 1. The second-order valence-electron chi connectivity index (χ2n) is 5.95. The van der Waals surface area contributed by atoms with E-state index in [0.717, 1.165) is 31.2 Å². The highest BCUT2D eigenvalue weighted by Crippen LogP contribution is 2.42. The van der Waals surface area contributed by atoms with Crippen molar-refractivity contribution < 1.29 is 4.79 Å². The summed E-state index contributed by atoms with van der Waals surface area (Å²) in [7, 11) is 0. The fourth-order valence-electron chi connectivity index (χ4n) is 3.97. The summed E-state index contributed by atoms with van der Waals surface area (Å²) < 4.78 is 0. The molecule has 3 fully saturated rings. The topological polar surface area (TPSA) is 72.3 Å². The lowest BCUT2D eigenvalue weighted by Crippen LogP contribution is -2.51. The highest BCUT2D eigenvalue weighted by Gasteiger charge is 2.47. The molecule has 2 saturated carbocycles. The van der Waals surface area contributed by atoms with Gasteiger partial charge in [0.25, 0.3) is 0 Å². The Hall–Kier alpha value is -0.610. The van der Waals surface area contributed by atoms with Crippen LogP contribution in [-0.2, 0) is 4.79 Å². The second-order valence-corrected chi connectivity index (χ2v) is 5.95. The van der Waals surface area contributed by atoms with Crippen LogP contribution in [0.3, 0.4) is 0 Å². The van der Waals surface area contributed by atoms with E-state index in [0.29, 0.717) is 6.04 Å². The molecule has 0 aromatic carbocycles. The Balaban J connectivity index is 1.68. The first-order valence-corrected chi connectivity index (χ1v) is 6.43. The zero-order valence-corrected chi connectivity index (χ0v) is 9.69. The average molecular weight is 223 g/mol. The number of carbonyl (C=O) groups excluding carboxylic acids is 1. The maximum atomic E-state index is 11.3. The summed E-state index contributed by atoms with van der Waals surface area (Å²) in [5.41, 5.74) is 10.7. The van der Waals surface area contributed by atoms with Gasteiger partial charge in [-0.1, -0.05) is 0 Å². The van der Waals surface area contributed by atoms with E-state index in [1.165, 1.54) is 25.8 Å². The van der Waals surface area contributed by atoms with Crippen molar-refractivity contribution in [3.63, 3.8) is 0 Å². The fourth-order valence-corrected chi connectivity index (χ4v) is 3.97.